The van der Waals surface area contributed by atoms with Gasteiger partial charge < -0.3 is 5.73 Å². The number of benzene rings is 1. The fourth-order valence-corrected chi connectivity index (χ4v) is 1.11. The molecule has 0 unspecified atom stereocenters. The molecule has 5 nitrogen and oxygen atoms in total. The van der Waals surface area contributed by atoms with Crippen LogP contribution in [0.2, 0.25) is 5.02 Å². The number of hydrogen-bond acceptors (Lipinski definition) is 3. The van der Waals surface area contributed by atoms with Crippen LogP contribution in [0.4, 0.5) is 0 Å². The van der Waals surface area contributed by atoms with E-state index >= 15 is 0 Å². The Morgan fingerprint density at radius 3 is 2.50 bits per heavy atom. The number of amides is 1. The van der Waals surface area contributed by atoms with Gasteiger partial charge in [0, 0.05) is 11.9 Å². The lowest BCUT2D eigenvalue weighted by molar-refractivity contribution is -0.125. The average Bonchev–Trinajstić information content (AvgIpc) is 2.20. The summed E-state index contributed by atoms with van der Waals surface area (Å²) in [6.07, 6.45) is 1.43. The minimum Gasteiger partial charge on any atom is -0.368 e. The van der Waals surface area contributed by atoms with Crippen molar-refractivity contribution in [2.24, 2.45) is 10.8 Å². The van der Waals surface area contributed by atoms with Crippen LogP contribution in [-0.4, -0.2) is 23.1 Å². The van der Waals surface area contributed by atoms with Crippen molar-refractivity contribution in [3.8, 4) is 0 Å². The van der Waals surface area contributed by atoms with E-state index in [0.29, 0.717) is 5.02 Å². The van der Waals surface area contributed by atoms with Crippen LogP contribution in [0.5, 0.6) is 0 Å². The topological polar surface area (TPSA) is 82.5 Å². The maximum absolute atomic E-state index is 11.0. The van der Waals surface area contributed by atoms with Crippen LogP contribution in [-0.2, 0) is 4.79 Å². The van der Waals surface area contributed by atoms with Crippen LogP contribution >= 0.6 is 11.6 Å². The van der Waals surface area contributed by atoms with E-state index in [1.54, 1.807) is 24.3 Å². The summed E-state index contributed by atoms with van der Waals surface area (Å²) in [6.45, 7) is 1.28. The van der Waals surface area contributed by atoms with Crippen molar-refractivity contribution in [1.29, 1.82) is 5.41 Å². The van der Waals surface area contributed by atoms with Crippen molar-refractivity contribution in [2.45, 2.75) is 6.92 Å². The van der Waals surface area contributed by atoms with Gasteiger partial charge in [0.15, 0.2) is 0 Å². The highest BCUT2D eigenvalue weighted by Gasteiger charge is 2.08. The maximum Gasteiger partial charge on any atom is 0.246 e. The Balaban J connectivity index is 2.82. The Kier molecular flexibility index (Phi) is 4.02. The average molecular weight is 239 g/mol. The molecule has 1 aromatic rings. The van der Waals surface area contributed by atoms with Gasteiger partial charge in [0.2, 0.25) is 11.9 Å². The van der Waals surface area contributed by atoms with Crippen LogP contribution < -0.4 is 5.73 Å². The molecule has 0 aliphatic rings. The molecule has 16 heavy (non-hydrogen) atoms. The number of nitrogens with zero attached hydrogens (tertiary/aromatic N) is 2. The lowest BCUT2D eigenvalue weighted by Crippen LogP contribution is -2.35. The number of carbonyl (C=O) groups excluding carboxylic acids is 1. The second-order valence-corrected chi connectivity index (χ2v) is 3.45. The first-order valence-corrected chi connectivity index (χ1v) is 4.83. The quantitative estimate of drug-likeness (QED) is 0.464. The lowest BCUT2D eigenvalue weighted by atomic mass is 10.2. The summed E-state index contributed by atoms with van der Waals surface area (Å²) < 4.78 is 0. The number of halogens is 1. The molecule has 0 radical (unpaired) electrons. The van der Waals surface area contributed by atoms with E-state index in [2.05, 4.69) is 5.10 Å². The van der Waals surface area contributed by atoms with E-state index in [9.17, 15) is 4.79 Å². The van der Waals surface area contributed by atoms with Gasteiger partial charge in [-0.05, 0) is 17.7 Å². The number of hydrazone groups is 1. The fourth-order valence-electron chi connectivity index (χ4n) is 0.986. The number of hydrogen-bond donors (Lipinski definition) is 2. The molecule has 0 saturated carbocycles. The summed E-state index contributed by atoms with van der Waals surface area (Å²) in [5.74, 6) is -0.838. The molecule has 0 aromatic heterocycles. The Labute approximate surface area is 98.0 Å². The highest BCUT2D eigenvalue weighted by Crippen LogP contribution is 2.08. The minimum absolute atomic E-state index is 0.419. The second kappa shape index (κ2) is 5.27. The monoisotopic (exact) mass is 238 g/mol. The Morgan fingerprint density at radius 2 is 2.06 bits per heavy atom. The second-order valence-electron chi connectivity index (χ2n) is 3.01. The maximum atomic E-state index is 11.0. The molecule has 1 amide bonds. The van der Waals surface area contributed by atoms with Crippen molar-refractivity contribution in [3.63, 3.8) is 0 Å². The van der Waals surface area contributed by atoms with Crippen molar-refractivity contribution >= 4 is 29.7 Å². The zero-order valence-electron chi connectivity index (χ0n) is 8.64. The number of rotatable bonds is 2. The molecular formula is C10H11ClN4O. The summed E-state index contributed by atoms with van der Waals surface area (Å²) in [5, 5.41) is 12.3. The molecule has 0 aliphatic heterocycles. The van der Waals surface area contributed by atoms with Gasteiger partial charge in [-0.25, -0.2) is 0 Å². The molecule has 0 aliphatic carbocycles. The van der Waals surface area contributed by atoms with Crippen LogP contribution in [0, 0.1) is 5.41 Å². The molecule has 0 saturated heterocycles. The van der Waals surface area contributed by atoms with E-state index in [0.717, 1.165) is 10.6 Å². The standard InChI is InChI=1S/C10H11ClN4O/c1-7(16)15(10(12)13)14-6-8-2-4-9(11)5-3-8/h2-6H,1H3,(H3,12,13)/b14-6+. The van der Waals surface area contributed by atoms with E-state index in [-0.39, 0.29) is 0 Å². The van der Waals surface area contributed by atoms with Crippen molar-refractivity contribution < 1.29 is 4.79 Å². The third-order valence-corrected chi connectivity index (χ3v) is 1.97. The van der Waals surface area contributed by atoms with Crippen molar-refractivity contribution in [3.05, 3.63) is 34.9 Å². The number of guanidine groups is 1. The van der Waals surface area contributed by atoms with Gasteiger partial charge in [0.25, 0.3) is 0 Å². The Morgan fingerprint density at radius 1 is 1.50 bits per heavy atom. The van der Waals surface area contributed by atoms with Crippen LogP contribution in [0.25, 0.3) is 0 Å². The normalized spacial score (nSPS) is 10.4. The van der Waals surface area contributed by atoms with E-state index in [1.165, 1.54) is 13.1 Å². The first-order valence-electron chi connectivity index (χ1n) is 4.45. The van der Waals surface area contributed by atoms with Gasteiger partial charge in [-0.15, -0.1) is 0 Å². The van der Waals surface area contributed by atoms with E-state index < -0.39 is 11.9 Å². The minimum atomic E-state index is -0.419. The molecule has 0 fully saturated rings. The van der Waals surface area contributed by atoms with Crippen LogP contribution in [0.1, 0.15) is 12.5 Å². The highest BCUT2D eigenvalue weighted by molar-refractivity contribution is 6.30. The first-order chi connectivity index (χ1) is 7.50. The summed E-state index contributed by atoms with van der Waals surface area (Å²) in [7, 11) is 0. The number of carbonyl (C=O) groups is 1. The predicted octanol–water partition coefficient (Wildman–Crippen LogP) is 1.42. The Bertz CT molecular complexity index is 413. The number of nitrogens with two attached hydrogens (primary N) is 1. The van der Waals surface area contributed by atoms with Gasteiger partial charge in [-0.1, -0.05) is 23.7 Å². The third kappa shape index (κ3) is 3.36. The summed E-state index contributed by atoms with van der Waals surface area (Å²) in [5.41, 5.74) is 5.94. The van der Waals surface area contributed by atoms with Crippen molar-refractivity contribution in [2.75, 3.05) is 0 Å². The molecule has 84 valence electrons. The summed E-state index contributed by atoms with van der Waals surface area (Å²) in [6, 6.07) is 6.89. The van der Waals surface area contributed by atoms with Gasteiger partial charge in [-0.2, -0.15) is 10.1 Å². The van der Waals surface area contributed by atoms with Gasteiger partial charge >= 0.3 is 0 Å². The zero-order valence-corrected chi connectivity index (χ0v) is 9.40. The molecule has 6 heteroatoms. The Hall–Kier alpha value is -1.88. The van der Waals surface area contributed by atoms with Gasteiger partial charge in [-0.3, -0.25) is 10.2 Å². The van der Waals surface area contributed by atoms with Crippen molar-refractivity contribution in [1.82, 2.24) is 5.01 Å². The summed E-state index contributed by atoms with van der Waals surface area (Å²) >= 11 is 5.71. The molecule has 0 spiro atoms. The van der Waals surface area contributed by atoms with Crippen LogP contribution in [0.15, 0.2) is 29.4 Å². The van der Waals surface area contributed by atoms with E-state index in [4.69, 9.17) is 22.7 Å². The molecule has 0 atom stereocenters. The molecule has 3 N–H and O–H groups in total. The molecule has 1 rings (SSSR count). The SMILES string of the molecule is CC(=O)N(/N=C/c1ccc(Cl)cc1)C(=N)N. The molecule has 1 aromatic carbocycles. The summed E-state index contributed by atoms with van der Waals surface area (Å²) in [4.78, 5) is 11.0. The highest BCUT2D eigenvalue weighted by atomic mass is 35.5. The number of nitrogens with one attached hydrogen (secondary N) is 1. The smallest absolute Gasteiger partial charge is 0.246 e. The fraction of sp³-hybridized carbons (Fsp3) is 0.100. The lowest BCUT2D eigenvalue weighted by Gasteiger charge is -2.10. The van der Waals surface area contributed by atoms with Gasteiger partial charge in [0.1, 0.15) is 0 Å². The zero-order chi connectivity index (χ0) is 12.1. The third-order valence-electron chi connectivity index (χ3n) is 1.72. The first kappa shape index (κ1) is 12.2. The molecular weight excluding hydrogens is 228 g/mol. The largest absolute Gasteiger partial charge is 0.368 e. The van der Waals surface area contributed by atoms with E-state index in [1.807, 2.05) is 0 Å². The van der Waals surface area contributed by atoms with Gasteiger partial charge in [0.05, 0.1) is 6.21 Å². The molecule has 0 heterocycles. The molecule has 0 bridgehead atoms. The predicted molar refractivity (Wildman–Crippen MR) is 63.5 cm³/mol. The van der Waals surface area contributed by atoms with Crippen LogP contribution in [0.3, 0.4) is 0 Å².